The van der Waals surface area contributed by atoms with E-state index in [0.717, 1.165) is 14.5 Å². The Labute approximate surface area is 163 Å². The topological polar surface area (TPSA) is 59.9 Å². The summed E-state index contributed by atoms with van der Waals surface area (Å²) in [4.78, 5) is 12.1. The normalized spacial score (nSPS) is 12.0. The largest absolute Gasteiger partial charge is 0.493 e. The van der Waals surface area contributed by atoms with Crippen molar-refractivity contribution in [1.29, 1.82) is 0 Å². The Kier molecular flexibility index (Phi) is 7.46. The van der Waals surface area contributed by atoms with E-state index in [9.17, 15) is 4.79 Å². The van der Waals surface area contributed by atoms with Gasteiger partial charge in [-0.05, 0) is 60.1 Å². The van der Waals surface area contributed by atoms with Crippen LogP contribution < -0.4 is 14.9 Å². The minimum absolute atomic E-state index is 0.347. The fraction of sp³-hybridized carbons (Fsp3) is 0.222. The Bertz CT molecular complexity index is 766. The van der Waals surface area contributed by atoms with Crippen LogP contribution in [0.4, 0.5) is 0 Å². The van der Waals surface area contributed by atoms with E-state index in [1.807, 2.05) is 43.3 Å². The highest BCUT2D eigenvalue weighted by atomic mass is 79.9. The van der Waals surface area contributed by atoms with Crippen LogP contribution in [0.2, 0.25) is 0 Å². The van der Waals surface area contributed by atoms with Crippen LogP contribution in [0.15, 0.2) is 56.5 Å². The average molecular weight is 470 g/mol. The lowest BCUT2D eigenvalue weighted by Crippen LogP contribution is -2.33. The second kappa shape index (κ2) is 9.58. The van der Waals surface area contributed by atoms with E-state index in [2.05, 4.69) is 42.4 Å². The first-order valence-electron chi connectivity index (χ1n) is 7.67. The number of rotatable bonds is 7. The summed E-state index contributed by atoms with van der Waals surface area (Å²) in [5, 5.41) is 3.99. The number of carbonyl (C=O) groups excluding carboxylic acids is 1. The summed E-state index contributed by atoms with van der Waals surface area (Å²) in [6.07, 6.45) is 0.850. The van der Waals surface area contributed by atoms with Gasteiger partial charge < -0.3 is 9.47 Å². The second-order valence-electron chi connectivity index (χ2n) is 5.04. The smallest absolute Gasteiger partial charge is 0.280 e. The highest BCUT2D eigenvalue weighted by molar-refractivity contribution is 9.10. The molecular weight excluding hydrogens is 452 g/mol. The molecule has 2 aromatic carbocycles. The monoisotopic (exact) mass is 468 g/mol. The molecule has 0 spiro atoms. The van der Waals surface area contributed by atoms with Gasteiger partial charge in [0.1, 0.15) is 11.5 Å². The summed E-state index contributed by atoms with van der Waals surface area (Å²) in [5.74, 6) is 0.945. The average Bonchev–Trinajstić information content (AvgIpc) is 2.59. The van der Waals surface area contributed by atoms with Gasteiger partial charge in [-0.25, -0.2) is 5.43 Å². The predicted octanol–water partition coefficient (Wildman–Crippen LogP) is 4.53. The Balaban J connectivity index is 1.98. The predicted molar refractivity (Wildman–Crippen MR) is 105 cm³/mol. The molecule has 132 valence electrons. The number of hydrazone groups is 1. The first kappa shape index (κ1) is 19.5. The molecule has 0 aliphatic heterocycles. The summed E-state index contributed by atoms with van der Waals surface area (Å²) in [7, 11) is 0. The molecule has 0 saturated heterocycles. The Morgan fingerprint density at radius 2 is 2.00 bits per heavy atom. The van der Waals surface area contributed by atoms with Crippen molar-refractivity contribution in [2.45, 2.75) is 20.0 Å². The van der Waals surface area contributed by atoms with Crippen LogP contribution in [0.5, 0.6) is 11.5 Å². The lowest BCUT2D eigenvalue weighted by molar-refractivity contribution is -0.127. The third kappa shape index (κ3) is 5.86. The van der Waals surface area contributed by atoms with E-state index in [1.54, 1.807) is 19.2 Å². The molecule has 2 aromatic rings. The number of carbonyl (C=O) groups is 1. The van der Waals surface area contributed by atoms with Gasteiger partial charge in [0.2, 0.25) is 0 Å². The van der Waals surface area contributed by atoms with E-state index >= 15 is 0 Å². The molecule has 1 atom stereocenters. The highest BCUT2D eigenvalue weighted by Crippen LogP contribution is 2.25. The van der Waals surface area contributed by atoms with Gasteiger partial charge in [0.05, 0.1) is 17.3 Å². The molecular formula is C18H18Br2N2O3. The fourth-order valence-electron chi connectivity index (χ4n) is 1.95. The van der Waals surface area contributed by atoms with Gasteiger partial charge in [-0.1, -0.05) is 28.1 Å². The second-order valence-corrected chi connectivity index (χ2v) is 6.81. The van der Waals surface area contributed by atoms with Crippen molar-refractivity contribution >= 4 is 44.0 Å². The van der Waals surface area contributed by atoms with Gasteiger partial charge in [-0.3, -0.25) is 4.79 Å². The molecule has 0 aliphatic rings. The highest BCUT2D eigenvalue weighted by Gasteiger charge is 2.15. The molecule has 0 saturated carbocycles. The summed E-state index contributed by atoms with van der Waals surface area (Å²) in [6.45, 7) is 4.12. The van der Waals surface area contributed by atoms with E-state index in [4.69, 9.17) is 9.47 Å². The summed E-state index contributed by atoms with van der Waals surface area (Å²) in [6, 6.07) is 12.9. The number of nitrogens with zero attached hydrogens (tertiary/aromatic N) is 1. The molecule has 1 amide bonds. The third-order valence-electron chi connectivity index (χ3n) is 3.16. The third-order valence-corrected chi connectivity index (χ3v) is 4.31. The molecule has 1 unspecified atom stereocenters. The van der Waals surface area contributed by atoms with Crippen LogP contribution in [-0.2, 0) is 4.79 Å². The molecule has 5 nitrogen and oxygen atoms in total. The zero-order chi connectivity index (χ0) is 18.2. The van der Waals surface area contributed by atoms with Crippen LogP contribution >= 0.6 is 31.9 Å². The number of amides is 1. The van der Waals surface area contributed by atoms with Crippen LogP contribution in [0.3, 0.4) is 0 Å². The van der Waals surface area contributed by atoms with Gasteiger partial charge in [0.25, 0.3) is 5.91 Å². The summed E-state index contributed by atoms with van der Waals surface area (Å²) >= 11 is 6.79. The van der Waals surface area contributed by atoms with Crippen LogP contribution in [-0.4, -0.2) is 24.8 Å². The molecule has 2 rings (SSSR count). The van der Waals surface area contributed by atoms with Gasteiger partial charge >= 0.3 is 0 Å². The molecule has 7 heteroatoms. The minimum atomic E-state index is -0.690. The first-order valence-corrected chi connectivity index (χ1v) is 9.26. The quantitative estimate of drug-likeness (QED) is 0.478. The molecule has 1 N–H and O–H groups in total. The number of benzene rings is 2. The molecule has 0 aliphatic carbocycles. The maximum atomic E-state index is 12.1. The number of nitrogens with one attached hydrogen (secondary N) is 1. The molecule has 0 radical (unpaired) electrons. The number of ether oxygens (including phenoxy) is 2. The van der Waals surface area contributed by atoms with E-state index in [0.29, 0.717) is 18.1 Å². The van der Waals surface area contributed by atoms with Crippen molar-refractivity contribution in [1.82, 2.24) is 5.43 Å². The number of halogens is 2. The summed E-state index contributed by atoms with van der Waals surface area (Å²) in [5.41, 5.74) is 3.24. The Morgan fingerprint density at radius 1 is 1.24 bits per heavy atom. The van der Waals surface area contributed by atoms with Crippen molar-refractivity contribution in [3.8, 4) is 11.5 Å². The maximum absolute atomic E-state index is 12.1. The van der Waals surface area contributed by atoms with Crippen LogP contribution in [0.25, 0.3) is 0 Å². The van der Waals surface area contributed by atoms with Crippen molar-refractivity contribution in [3.05, 3.63) is 57.0 Å². The molecule has 0 fully saturated rings. The zero-order valence-electron chi connectivity index (χ0n) is 13.8. The Morgan fingerprint density at radius 3 is 2.72 bits per heavy atom. The molecule has 0 heterocycles. The van der Waals surface area contributed by atoms with Gasteiger partial charge in [-0.15, -0.1) is 0 Å². The van der Waals surface area contributed by atoms with Crippen molar-refractivity contribution in [2.75, 3.05) is 6.61 Å². The van der Waals surface area contributed by atoms with Gasteiger partial charge in [0, 0.05) is 10.0 Å². The minimum Gasteiger partial charge on any atom is -0.493 e. The van der Waals surface area contributed by atoms with E-state index < -0.39 is 6.10 Å². The van der Waals surface area contributed by atoms with Crippen molar-refractivity contribution < 1.29 is 14.3 Å². The maximum Gasteiger partial charge on any atom is 0.280 e. The number of para-hydroxylation sites is 1. The standard InChI is InChI=1S/C18H18Br2N2O3/c1-3-24-16-9-8-14(19)10-13(16)11-21-22-18(23)12(2)25-17-7-5-4-6-15(17)20/h4-12H,3H2,1-2H3,(H,22,23). The van der Waals surface area contributed by atoms with Gasteiger partial charge in [-0.2, -0.15) is 5.10 Å². The lowest BCUT2D eigenvalue weighted by Gasteiger charge is -2.14. The van der Waals surface area contributed by atoms with Crippen molar-refractivity contribution in [2.24, 2.45) is 5.10 Å². The van der Waals surface area contributed by atoms with Gasteiger partial charge in [0.15, 0.2) is 6.10 Å². The number of hydrogen-bond acceptors (Lipinski definition) is 4. The van der Waals surface area contributed by atoms with E-state index in [1.165, 1.54) is 0 Å². The van der Waals surface area contributed by atoms with E-state index in [-0.39, 0.29) is 5.91 Å². The Hall–Kier alpha value is -1.86. The van der Waals surface area contributed by atoms with Crippen LogP contribution in [0, 0.1) is 0 Å². The molecule has 0 bridgehead atoms. The van der Waals surface area contributed by atoms with Crippen molar-refractivity contribution in [3.63, 3.8) is 0 Å². The summed E-state index contributed by atoms with van der Waals surface area (Å²) < 4.78 is 12.8. The molecule has 0 aromatic heterocycles. The number of hydrogen-bond donors (Lipinski definition) is 1. The fourth-order valence-corrected chi connectivity index (χ4v) is 2.70. The SMILES string of the molecule is CCOc1ccc(Br)cc1C=NNC(=O)C(C)Oc1ccccc1Br. The zero-order valence-corrected chi connectivity index (χ0v) is 17.0. The van der Waals surface area contributed by atoms with Crippen LogP contribution in [0.1, 0.15) is 19.4 Å². The first-order chi connectivity index (χ1) is 12.0. The molecule has 25 heavy (non-hydrogen) atoms. The lowest BCUT2D eigenvalue weighted by atomic mass is 10.2.